The number of benzene rings is 2. The van der Waals surface area contributed by atoms with Gasteiger partial charge in [-0.25, -0.2) is 0 Å². The molecule has 0 saturated carbocycles. The summed E-state index contributed by atoms with van der Waals surface area (Å²) in [5, 5.41) is 20.7. The number of aryl methyl sites for hydroxylation is 2. The minimum absolute atomic E-state index is 0.250. The summed E-state index contributed by atoms with van der Waals surface area (Å²) in [6.07, 6.45) is 6.74. The predicted molar refractivity (Wildman–Crippen MR) is 164 cm³/mol. The van der Waals surface area contributed by atoms with Crippen molar-refractivity contribution in [3.63, 3.8) is 0 Å². The lowest BCUT2D eigenvalue weighted by atomic mass is 9.93. The second-order valence-electron chi connectivity index (χ2n) is 10.1. The molecule has 2 atom stereocenters. The maximum absolute atomic E-state index is 10.2. The number of rotatable bonds is 14. The predicted octanol–water partition coefficient (Wildman–Crippen LogP) is 8.02. The first-order valence-electron chi connectivity index (χ1n) is 13.2. The Hall–Kier alpha value is -2.92. The van der Waals surface area contributed by atoms with Crippen molar-refractivity contribution in [3.05, 3.63) is 95.1 Å². The highest BCUT2D eigenvalue weighted by molar-refractivity contribution is 7.50. The Morgan fingerprint density at radius 1 is 1.08 bits per heavy atom. The minimum atomic E-state index is -1.00. The Bertz CT molecular complexity index is 1090. The molecular weight excluding hydrogens is 509 g/mol. The molecule has 2 unspecified atom stereocenters. The van der Waals surface area contributed by atoms with Gasteiger partial charge in [0.05, 0.1) is 6.61 Å². The van der Waals surface area contributed by atoms with E-state index >= 15 is 0 Å². The van der Waals surface area contributed by atoms with E-state index in [0.29, 0.717) is 30.7 Å². The molecule has 0 aliphatic carbocycles. The average molecular weight is 556 g/mol. The molecule has 0 heterocycles. The molecule has 0 aliphatic heterocycles. The number of carboxylic acid groups (broad SMARTS) is 1. The number of aromatic hydroxyl groups is 1. The van der Waals surface area contributed by atoms with E-state index in [4.69, 9.17) is 19.2 Å². The summed E-state index contributed by atoms with van der Waals surface area (Å²) in [7, 11) is -1.00. The Kier molecular flexibility index (Phi) is 15.4. The summed E-state index contributed by atoms with van der Waals surface area (Å²) in [5.41, 5.74) is 6.86. The van der Waals surface area contributed by atoms with Gasteiger partial charge in [-0.1, -0.05) is 71.2 Å². The Balaban J connectivity index is 0.00000242. The zero-order chi connectivity index (χ0) is 29.5. The van der Waals surface area contributed by atoms with Crippen LogP contribution in [0.4, 0.5) is 0 Å². The zero-order valence-electron chi connectivity index (χ0n) is 24.5. The van der Waals surface area contributed by atoms with Crippen molar-refractivity contribution in [2.24, 2.45) is 5.92 Å². The third kappa shape index (κ3) is 11.8. The van der Waals surface area contributed by atoms with Gasteiger partial charge >= 0.3 is 0 Å². The van der Waals surface area contributed by atoms with Crippen molar-refractivity contribution < 1.29 is 24.3 Å². The maximum Gasteiger partial charge on any atom is 0.290 e. The first-order valence-corrected chi connectivity index (χ1v) is 14.6. The number of nitrogens with one attached hydrogen (secondary N) is 1. The average Bonchev–Trinajstić information content (AvgIpc) is 2.87. The van der Waals surface area contributed by atoms with Gasteiger partial charge in [0.1, 0.15) is 26.1 Å². The number of carbonyl (C=O) groups is 1. The molecule has 0 saturated heterocycles. The molecular formula is C32H46NO5P. The number of ether oxygens (including phenoxy) is 1. The summed E-state index contributed by atoms with van der Waals surface area (Å²) >= 11 is 0. The molecule has 0 amide bonds. The van der Waals surface area contributed by atoms with Crippen LogP contribution in [0.2, 0.25) is 0 Å². The van der Waals surface area contributed by atoms with Crippen LogP contribution in [0.3, 0.4) is 0 Å². The van der Waals surface area contributed by atoms with E-state index in [0.717, 1.165) is 23.3 Å². The highest BCUT2D eigenvalue weighted by atomic mass is 31.2. The molecule has 214 valence electrons. The van der Waals surface area contributed by atoms with Crippen LogP contribution in [0.1, 0.15) is 68.4 Å². The van der Waals surface area contributed by atoms with Gasteiger partial charge in [-0.05, 0) is 90.6 Å². The first-order chi connectivity index (χ1) is 18.5. The number of hydrogen-bond donors (Lipinski definition) is 3. The summed E-state index contributed by atoms with van der Waals surface area (Å²) in [6, 6.07) is 10.5. The quantitative estimate of drug-likeness (QED) is 0.124. The summed E-state index contributed by atoms with van der Waals surface area (Å²) < 4.78 is 12.5. The van der Waals surface area contributed by atoms with Crippen molar-refractivity contribution in [2.45, 2.75) is 66.8 Å². The van der Waals surface area contributed by atoms with Crippen molar-refractivity contribution in [2.75, 3.05) is 13.0 Å². The van der Waals surface area contributed by atoms with E-state index in [2.05, 4.69) is 84.9 Å². The second kappa shape index (κ2) is 17.6. The van der Waals surface area contributed by atoms with Gasteiger partial charge in [0.25, 0.3) is 6.47 Å². The third-order valence-corrected chi connectivity index (χ3v) is 7.94. The molecule has 2 rings (SSSR count). The molecule has 0 radical (unpaired) electrons. The molecule has 6 nitrogen and oxygen atoms in total. The summed E-state index contributed by atoms with van der Waals surface area (Å²) in [5.74, 6) is 1.98. The topological polar surface area (TPSA) is 88.0 Å². The van der Waals surface area contributed by atoms with Crippen LogP contribution in [-0.2, 0) is 15.7 Å². The summed E-state index contributed by atoms with van der Waals surface area (Å²) in [6.45, 7) is 22.9. The Morgan fingerprint density at radius 2 is 1.69 bits per heavy atom. The Morgan fingerprint density at radius 3 is 2.21 bits per heavy atom. The number of allylic oxidation sites excluding steroid dienone is 2. The van der Waals surface area contributed by atoms with Crippen LogP contribution in [0.25, 0.3) is 0 Å². The SMILES string of the molecule is C=C/C=C(\C=C)COP(COc1cc(C)c(Cc2ccc(O)c(C(C)C)c2)c(C)c1)NC(C)C(C)C.O=CO. The molecule has 0 bridgehead atoms. The van der Waals surface area contributed by atoms with Crippen LogP contribution in [-0.4, -0.2) is 35.7 Å². The Labute approximate surface area is 236 Å². The molecule has 0 spiro atoms. The fraction of sp³-hybridized carbons (Fsp3) is 0.406. The maximum atomic E-state index is 10.2. The molecule has 3 N–H and O–H groups in total. The van der Waals surface area contributed by atoms with Gasteiger partial charge in [-0.15, -0.1) is 0 Å². The lowest BCUT2D eigenvalue weighted by Gasteiger charge is -2.25. The van der Waals surface area contributed by atoms with Crippen molar-refractivity contribution in [3.8, 4) is 11.5 Å². The number of hydrogen-bond acceptors (Lipinski definition) is 5. The molecule has 2 aromatic rings. The zero-order valence-corrected chi connectivity index (χ0v) is 25.4. The molecule has 2 aromatic carbocycles. The van der Waals surface area contributed by atoms with Crippen molar-refractivity contribution in [1.82, 2.24) is 5.09 Å². The van der Waals surface area contributed by atoms with Gasteiger partial charge < -0.3 is 19.5 Å². The van der Waals surface area contributed by atoms with Crippen LogP contribution in [0.15, 0.2) is 67.3 Å². The van der Waals surface area contributed by atoms with Crippen molar-refractivity contribution >= 4 is 14.8 Å². The smallest absolute Gasteiger partial charge is 0.290 e. The molecule has 7 heteroatoms. The van der Waals surface area contributed by atoms with Gasteiger partial charge in [-0.2, -0.15) is 0 Å². The normalized spacial score (nSPS) is 12.9. The molecule has 0 fully saturated rings. The van der Waals surface area contributed by atoms with E-state index in [-0.39, 0.29) is 12.4 Å². The highest BCUT2D eigenvalue weighted by Crippen LogP contribution is 2.36. The van der Waals surface area contributed by atoms with Crippen molar-refractivity contribution in [1.29, 1.82) is 0 Å². The van der Waals surface area contributed by atoms with Crippen LogP contribution in [0, 0.1) is 19.8 Å². The summed E-state index contributed by atoms with van der Waals surface area (Å²) in [4.78, 5) is 8.36. The number of phenols is 1. The molecule has 39 heavy (non-hydrogen) atoms. The molecule has 0 aromatic heterocycles. The fourth-order valence-electron chi connectivity index (χ4n) is 3.80. The lowest BCUT2D eigenvalue weighted by molar-refractivity contribution is -0.122. The highest BCUT2D eigenvalue weighted by Gasteiger charge is 2.18. The monoisotopic (exact) mass is 555 g/mol. The first kappa shape index (κ1) is 34.1. The van der Waals surface area contributed by atoms with Gasteiger partial charge in [0.2, 0.25) is 0 Å². The second-order valence-corrected chi connectivity index (χ2v) is 11.7. The van der Waals surface area contributed by atoms with Gasteiger partial charge in [0, 0.05) is 6.04 Å². The van der Waals surface area contributed by atoms with E-state index in [1.165, 1.54) is 22.3 Å². The van der Waals surface area contributed by atoms with Crippen LogP contribution < -0.4 is 9.82 Å². The molecule has 0 aliphatic rings. The largest absolute Gasteiger partial charge is 0.508 e. The van der Waals surface area contributed by atoms with E-state index in [9.17, 15) is 5.11 Å². The number of phenolic OH excluding ortho intramolecular Hbond substituents is 1. The lowest BCUT2D eigenvalue weighted by Crippen LogP contribution is -2.29. The standard InChI is InChI=1S/C31H44NO3P.CH2O2/c1-10-12-26(11-2)19-35-36(32-25(9)21(3)4)20-34-28-15-23(7)30(24(8)16-28)18-27-13-14-31(33)29(17-27)22(5)6;2-1-3/h10-17,21-22,25,32-33H,1-2,18-20H2,3-9H3;1H,(H,2,3)/b26-12+;. The van der Waals surface area contributed by atoms with E-state index in [1.807, 2.05) is 18.2 Å². The minimum Gasteiger partial charge on any atom is -0.508 e. The third-order valence-electron chi connectivity index (χ3n) is 6.44. The van der Waals surface area contributed by atoms with Crippen LogP contribution >= 0.6 is 8.30 Å². The fourth-order valence-corrected chi connectivity index (χ4v) is 5.34. The van der Waals surface area contributed by atoms with E-state index < -0.39 is 8.30 Å². The van der Waals surface area contributed by atoms with Crippen LogP contribution in [0.5, 0.6) is 11.5 Å². The van der Waals surface area contributed by atoms with Gasteiger partial charge in [0.15, 0.2) is 0 Å². The van der Waals surface area contributed by atoms with Gasteiger partial charge in [-0.3, -0.25) is 9.88 Å². The van der Waals surface area contributed by atoms with E-state index in [1.54, 1.807) is 12.2 Å².